The van der Waals surface area contributed by atoms with Crippen molar-refractivity contribution < 1.29 is 31.1 Å². The van der Waals surface area contributed by atoms with E-state index < -0.39 is 34.5 Å². The molecule has 0 bridgehead atoms. The number of carbonyl (C=O) groups excluding carboxylic acids is 1. The van der Waals surface area contributed by atoms with Gasteiger partial charge in [-0.3, -0.25) is 5.32 Å². The van der Waals surface area contributed by atoms with Crippen molar-refractivity contribution in [3.63, 3.8) is 0 Å². The quantitative estimate of drug-likeness (QED) is 0.267. The van der Waals surface area contributed by atoms with Crippen molar-refractivity contribution in [2.24, 2.45) is 0 Å². The number of nitrogens with zero attached hydrogens (tertiary/aromatic N) is 2. The number of aromatic nitrogens is 2. The van der Waals surface area contributed by atoms with Crippen LogP contribution in [0.25, 0.3) is 16.9 Å². The third-order valence-electron chi connectivity index (χ3n) is 4.99. The summed E-state index contributed by atoms with van der Waals surface area (Å²) in [6.07, 6.45) is -9.26. The van der Waals surface area contributed by atoms with Crippen molar-refractivity contribution in [2.45, 2.75) is 12.4 Å². The molecule has 0 fully saturated rings. The van der Waals surface area contributed by atoms with E-state index in [9.17, 15) is 31.1 Å². The largest absolute Gasteiger partial charge is 0.417 e. The molecule has 0 saturated carbocycles. The normalized spacial score (nSPS) is 11.9. The van der Waals surface area contributed by atoms with E-state index in [1.165, 1.54) is 28.9 Å². The Morgan fingerprint density at radius 3 is 2.08 bits per heavy atom. The zero-order valence-electron chi connectivity index (χ0n) is 18.0. The van der Waals surface area contributed by atoms with Gasteiger partial charge in [-0.25, -0.2) is 9.48 Å². The molecule has 5 nitrogen and oxygen atoms in total. The monoisotopic (exact) mass is 524 g/mol. The van der Waals surface area contributed by atoms with Crippen molar-refractivity contribution >= 4 is 29.1 Å². The van der Waals surface area contributed by atoms with Crippen LogP contribution in [-0.4, -0.2) is 15.8 Å². The molecule has 0 spiro atoms. The van der Waals surface area contributed by atoms with Gasteiger partial charge in [0.2, 0.25) is 0 Å². The number of urea groups is 1. The van der Waals surface area contributed by atoms with Crippen LogP contribution in [-0.2, 0) is 12.4 Å². The van der Waals surface area contributed by atoms with E-state index in [1.807, 2.05) is 0 Å². The number of alkyl halides is 6. The first-order valence-corrected chi connectivity index (χ1v) is 10.6. The molecule has 1 aromatic heterocycles. The van der Waals surface area contributed by atoms with Crippen molar-refractivity contribution in [2.75, 3.05) is 10.6 Å². The van der Waals surface area contributed by atoms with Crippen molar-refractivity contribution in [1.82, 2.24) is 9.78 Å². The van der Waals surface area contributed by atoms with Crippen LogP contribution in [0.15, 0.2) is 78.9 Å². The smallest absolute Gasteiger partial charge is 0.308 e. The number of hydrogen-bond acceptors (Lipinski definition) is 2. The molecule has 3 aromatic carbocycles. The standard InChI is InChI=1S/C24H15ClF6N4O/c25-19-11-8-16(12-18(19)24(29,30)31)32-22(36)33-21-13-20(14-4-2-1-3-5-14)34-35(21)17-9-6-15(7-10-17)23(26,27)28/h1-13H,(H2,32,33,36). The van der Waals surface area contributed by atoms with Gasteiger partial charge >= 0.3 is 18.4 Å². The summed E-state index contributed by atoms with van der Waals surface area (Å²) in [5, 5.41) is 8.63. The lowest BCUT2D eigenvalue weighted by Crippen LogP contribution is -2.21. The van der Waals surface area contributed by atoms with Crippen molar-refractivity contribution in [1.29, 1.82) is 0 Å². The lowest BCUT2D eigenvalue weighted by atomic mass is 10.1. The van der Waals surface area contributed by atoms with Gasteiger partial charge < -0.3 is 5.32 Å². The number of rotatable bonds is 4. The van der Waals surface area contributed by atoms with Gasteiger partial charge in [0.25, 0.3) is 0 Å². The Balaban J connectivity index is 1.65. The zero-order valence-corrected chi connectivity index (χ0v) is 18.7. The first-order valence-electron chi connectivity index (χ1n) is 10.2. The number of carbonyl (C=O) groups is 1. The number of amides is 2. The molecule has 0 aliphatic carbocycles. The second kappa shape index (κ2) is 9.57. The molecule has 0 aliphatic heterocycles. The second-order valence-corrected chi connectivity index (χ2v) is 7.92. The molecule has 0 unspecified atom stereocenters. The van der Waals surface area contributed by atoms with Gasteiger partial charge in [-0.05, 0) is 42.5 Å². The van der Waals surface area contributed by atoms with E-state index in [-0.39, 0.29) is 17.2 Å². The number of halogens is 7. The Kier molecular flexibility index (Phi) is 6.68. The van der Waals surface area contributed by atoms with E-state index in [1.54, 1.807) is 30.3 Å². The van der Waals surface area contributed by atoms with Gasteiger partial charge in [0.05, 0.1) is 27.5 Å². The highest BCUT2D eigenvalue weighted by molar-refractivity contribution is 6.31. The zero-order chi connectivity index (χ0) is 26.1. The first kappa shape index (κ1) is 25.1. The minimum Gasteiger partial charge on any atom is -0.308 e. The minimum atomic E-state index is -4.73. The molecule has 4 rings (SSSR count). The molecule has 36 heavy (non-hydrogen) atoms. The maximum absolute atomic E-state index is 13.1. The molecule has 12 heteroatoms. The van der Waals surface area contributed by atoms with Gasteiger partial charge in [-0.1, -0.05) is 41.9 Å². The third kappa shape index (κ3) is 5.62. The highest BCUT2D eigenvalue weighted by atomic mass is 35.5. The maximum Gasteiger partial charge on any atom is 0.417 e. The summed E-state index contributed by atoms with van der Waals surface area (Å²) >= 11 is 5.61. The predicted molar refractivity (Wildman–Crippen MR) is 123 cm³/mol. The van der Waals surface area contributed by atoms with Gasteiger partial charge in [-0.15, -0.1) is 0 Å². The predicted octanol–water partition coefficient (Wildman–Crippen LogP) is 7.87. The fraction of sp³-hybridized carbons (Fsp3) is 0.0833. The number of hydrogen-bond donors (Lipinski definition) is 2. The average molecular weight is 525 g/mol. The number of nitrogens with one attached hydrogen (secondary N) is 2. The molecule has 2 N–H and O–H groups in total. The lowest BCUT2D eigenvalue weighted by Gasteiger charge is -2.13. The Labute approximate surface area is 205 Å². The van der Waals surface area contributed by atoms with Crippen LogP contribution < -0.4 is 10.6 Å². The Morgan fingerprint density at radius 2 is 1.47 bits per heavy atom. The molecule has 0 saturated heterocycles. The summed E-state index contributed by atoms with van der Waals surface area (Å²) in [6, 6.07) is 16.3. The molecular formula is C24H15ClF6N4O. The summed E-state index contributed by atoms with van der Waals surface area (Å²) < 4.78 is 79.5. The van der Waals surface area contributed by atoms with Crippen molar-refractivity contribution in [3.05, 3.63) is 95.0 Å². The lowest BCUT2D eigenvalue weighted by molar-refractivity contribution is -0.138. The molecule has 1 heterocycles. The van der Waals surface area contributed by atoms with E-state index in [0.29, 0.717) is 17.3 Å². The second-order valence-electron chi connectivity index (χ2n) is 7.51. The highest BCUT2D eigenvalue weighted by Gasteiger charge is 2.33. The molecule has 0 aliphatic rings. The summed E-state index contributed by atoms with van der Waals surface area (Å²) in [5.74, 6) is 0.0659. The number of anilines is 2. The van der Waals surface area contributed by atoms with Crippen LogP contribution in [0.2, 0.25) is 5.02 Å². The Morgan fingerprint density at radius 1 is 0.806 bits per heavy atom. The van der Waals surface area contributed by atoms with E-state index in [0.717, 1.165) is 18.2 Å². The molecule has 186 valence electrons. The number of benzene rings is 3. The Hall–Kier alpha value is -3.99. The topological polar surface area (TPSA) is 59.0 Å². The van der Waals surface area contributed by atoms with Crippen LogP contribution in [0.5, 0.6) is 0 Å². The third-order valence-corrected chi connectivity index (χ3v) is 5.32. The average Bonchev–Trinajstić information content (AvgIpc) is 3.23. The highest BCUT2D eigenvalue weighted by Crippen LogP contribution is 2.36. The molecule has 2 amide bonds. The van der Waals surface area contributed by atoms with Gasteiger partial charge in [0, 0.05) is 17.3 Å². The molecule has 0 atom stereocenters. The summed E-state index contributed by atoms with van der Waals surface area (Å²) in [4.78, 5) is 12.6. The fourth-order valence-corrected chi connectivity index (χ4v) is 3.53. The first-order chi connectivity index (χ1) is 16.9. The summed E-state index contributed by atoms with van der Waals surface area (Å²) in [5.41, 5.74) is -0.879. The Bertz CT molecular complexity index is 1380. The van der Waals surface area contributed by atoms with E-state index in [4.69, 9.17) is 11.6 Å². The van der Waals surface area contributed by atoms with Crippen LogP contribution in [0.3, 0.4) is 0 Å². The molecule has 4 aromatic rings. The van der Waals surface area contributed by atoms with E-state index in [2.05, 4.69) is 15.7 Å². The summed E-state index contributed by atoms with van der Waals surface area (Å²) in [7, 11) is 0. The van der Waals surface area contributed by atoms with Crippen LogP contribution in [0.1, 0.15) is 11.1 Å². The summed E-state index contributed by atoms with van der Waals surface area (Å²) in [6.45, 7) is 0. The minimum absolute atomic E-state index is 0.0659. The van der Waals surface area contributed by atoms with Crippen LogP contribution in [0, 0.1) is 0 Å². The van der Waals surface area contributed by atoms with Gasteiger partial charge in [0.1, 0.15) is 5.82 Å². The van der Waals surface area contributed by atoms with Crippen LogP contribution >= 0.6 is 11.6 Å². The maximum atomic E-state index is 13.1. The van der Waals surface area contributed by atoms with Gasteiger partial charge in [0.15, 0.2) is 0 Å². The van der Waals surface area contributed by atoms with E-state index >= 15 is 0 Å². The SMILES string of the molecule is O=C(Nc1ccc(Cl)c(C(F)(F)F)c1)Nc1cc(-c2ccccc2)nn1-c1ccc(C(F)(F)F)cc1. The van der Waals surface area contributed by atoms with Crippen molar-refractivity contribution in [3.8, 4) is 16.9 Å². The molecular weight excluding hydrogens is 510 g/mol. The molecule has 0 radical (unpaired) electrons. The fourth-order valence-electron chi connectivity index (χ4n) is 3.31. The van der Waals surface area contributed by atoms with Crippen LogP contribution in [0.4, 0.5) is 42.6 Å². The van der Waals surface area contributed by atoms with Gasteiger partial charge in [-0.2, -0.15) is 31.4 Å².